The number of hydrogen-bond donors (Lipinski definition) is 0. The molecule has 3 nitrogen and oxygen atoms in total. The van der Waals surface area contributed by atoms with Crippen LogP contribution in [0.1, 0.15) is 13.8 Å². The van der Waals surface area contributed by atoms with Crippen LogP contribution < -0.4 is 0 Å². The third-order valence-electron chi connectivity index (χ3n) is 2.15. The zero-order chi connectivity index (χ0) is 13.9. The maximum absolute atomic E-state index is 11.1. The number of carbonyl (C=O) groups is 1. The maximum Gasteiger partial charge on any atom is 0.229 e. The number of carbonyl (C=O) groups excluding carboxylic acids is 1. The van der Waals surface area contributed by atoms with Gasteiger partial charge in [-0.15, -0.1) is 0 Å². The average Bonchev–Trinajstić information content (AvgIpc) is 2.21. The van der Waals surface area contributed by atoms with Gasteiger partial charge in [-0.1, -0.05) is 34.8 Å². The highest BCUT2D eigenvalue weighted by molar-refractivity contribution is 6.64. The zero-order valence-electron chi connectivity index (χ0n) is 9.68. The number of hydrogen-bond acceptors (Lipinski definition) is 3. The molecule has 0 fully saturated rings. The zero-order valence-corrected chi connectivity index (χ0v) is 12.7. The maximum atomic E-state index is 11.1. The first-order valence-electron chi connectivity index (χ1n) is 4.96. The van der Waals surface area contributed by atoms with Crippen molar-refractivity contribution in [2.24, 2.45) is 15.6 Å². The number of halogens is 4. The monoisotopic (exact) mass is 326 g/mol. The Hall–Kier alpha value is -0.350. The molecule has 0 saturated carbocycles. The van der Waals surface area contributed by atoms with Crippen LogP contribution in [0.25, 0.3) is 0 Å². The Bertz CT molecular complexity index is 477. The number of azo groups is 1. The van der Waals surface area contributed by atoms with Gasteiger partial charge < -0.3 is 0 Å². The largest absolute Gasteiger partial charge is 0.281 e. The highest BCUT2D eigenvalue weighted by atomic mass is 35.5. The molecule has 0 unspecified atom stereocenters. The Morgan fingerprint density at radius 3 is 2.17 bits per heavy atom. The highest BCUT2D eigenvalue weighted by Crippen LogP contribution is 2.36. The predicted octanol–water partition coefficient (Wildman–Crippen LogP) is 5.52. The SMILES string of the molecule is CC(C)(CN=Nc1c(Cl)cc(Cl)cc1Cl)C(=O)Cl. The van der Waals surface area contributed by atoms with Crippen molar-refractivity contribution in [1.82, 2.24) is 0 Å². The second-order valence-corrected chi connectivity index (χ2v) is 5.87. The van der Waals surface area contributed by atoms with Gasteiger partial charge in [-0.2, -0.15) is 10.2 Å². The van der Waals surface area contributed by atoms with E-state index in [-0.39, 0.29) is 6.54 Å². The normalized spacial score (nSPS) is 12.1. The minimum Gasteiger partial charge on any atom is -0.281 e. The van der Waals surface area contributed by atoms with Gasteiger partial charge in [-0.05, 0) is 37.6 Å². The molecule has 0 atom stereocenters. The van der Waals surface area contributed by atoms with Crippen LogP contribution >= 0.6 is 46.4 Å². The highest BCUT2D eigenvalue weighted by Gasteiger charge is 2.25. The van der Waals surface area contributed by atoms with E-state index in [0.717, 1.165) is 0 Å². The van der Waals surface area contributed by atoms with Crippen LogP contribution in [0.5, 0.6) is 0 Å². The predicted molar refractivity (Wildman–Crippen MR) is 75.5 cm³/mol. The van der Waals surface area contributed by atoms with Gasteiger partial charge in [0.1, 0.15) is 5.69 Å². The van der Waals surface area contributed by atoms with E-state index >= 15 is 0 Å². The van der Waals surface area contributed by atoms with Crippen molar-refractivity contribution < 1.29 is 4.79 Å². The fourth-order valence-electron chi connectivity index (χ4n) is 0.975. The first-order valence-corrected chi connectivity index (χ1v) is 6.47. The Morgan fingerprint density at radius 2 is 1.72 bits per heavy atom. The Labute approximate surface area is 125 Å². The van der Waals surface area contributed by atoms with E-state index in [0.29, 0.717) is 20.8 Å². The summed E-state index contributed by atoms with van der Waals surface area (Å²) in [5, 5.41) is 8.33. The molecule has 7 heteroatoms. The summed E-state index contributed by atoms with van der Waals surface area (Å²) in [5.74, 6) is 0. The summed E-state index contributed by atoms with van der Waals surface area (Å²) in [6.45, 7) is 3.49. The lowest BCUT2D eigenvalue weighted by atomic mass is 9.96. The molecule has 98 valence electrons. The summed E-state index contributed by atoms with van der Waals surface area (Å²) >= 11 is 23.1. The van der Waals surface area contributed by atoms with Gasteiger partial charge >= 0.3 is 0 Å². The third-order valence-corrected chi connectivity index (χ3v) is 3.46. The van der Waals surface area contributed by atoms with E-state index in [4.69, 9.17) is 46.4 Å². The molecule has 1 aromatic carbocycles. The molecular formula is C11H10Cl4N2O. The summed E-state index contributed by atoms with van der Waals surface area (Å²) < 4.78 is 0. The molecule has 0 amide bonds. The van der Waals surface area contributed by atoms with Crippen molar-refractivity contribution in [3.8, 4) is 0 Å². The molecule has 0 saturated heterocycles. The quantitative estimate of drug-likeness (QED) is 0.530. The number of nitrogens with zero attached hydrogens (tertiary/aromatic N) is 2. The van der Waals surface area contributed by atoms with E-state index in [1.807, 2.05) is 0 Å². The second kappa shape index (κ2) is 6.20. The van der Waals surface area contributed by atoms with Crippen LogP contribution in [0.3, 0.4) is 0 Å². The summed E-state index contributed by atoms with van der Waals surface area (Å²) in [5.41, 5.74) is -0.461. The molecule has 1 aromatic rings. The smallest absolute Gasteiger partial charge is 0.229 e. The number of benzene rings is 1. The molecule has 0 N–H and O–H groups in total. The molecule has 0 aliphatic rings. The van der Waals surface area contributed by atoms with Crippen LogP contribution in [-0.2, 0) is 4.79 Å². The van der Waals surface area contributed by atoms with Crippen molar-refractivity contribution >= 4 is 57.3 Å². The molecule has 0 radical (unpaired) electrons. The van der Waals surface area contributed by atoms with Gasteiger partial charge in [-0.25, -0.2) is 0 Å². The molecule has 0 aromatic heterocycles. The van der Waals surface area contributed by atoms with Crippen LogP contribution in [0.4, 0.5) is 5.69 Å². The molecule has 1 rings (SSSR count). The molecule has 18 heavy (non-hydrogen) atoms. The average molecular weight is 328 g/mol. The van der Waals surface area contributed by atoms with E-state index in [2.05, 4.69) is 10.2 Å². The molecular weight excluding hydrogens is 318 g/mol. The van der Waals surface area contributed by atoms with Gasteiger partial charge in [0.15, 0.2) is 0 Å². The topological polar surface area (TPSA) is 41.8 Å². The van der Waals surface area contributed by atoms with Gasteiger partial charge in [-0.3, -0.25) is 4.79 Å². The first kappa shape index (κ1) is 15.7. The van der Waals surface area contributed by atoms with Gasteiger partial charge in [0.05, 0.1) is 22.0 Å². The van der Waals surface area contributed by atoms with E-state index in [9.17, 15) is 4.79 Å². The van der Waals surface area contributed by atoms with Crippen LogP contribution in [-0.4, -0.2) is 11.8 Å². The Balaban J connectivity index is 2.89. The molecule has 0 heterocycles. The van der Waals surface area contributed by atoms with E-state index < -0.39 is 10.7 Å². The van der Waals surface area contributed by atoms with Crippen molar-refractivity contribution in [2.45, 2.75) is 13.8 Å². The Kier molecular flexibility index (Phi) is 5.41. The van der Waals surface area contributed by atoms with E-state index in [1.54, 1.807) is 13.8 Å². The van der Waals surface area contributed by atoms with Crippen molar-refractivity contribution in [3.63, 3.8) is 0 Å². The summed E-state index contributed by atoms with van der Waals surface area (Å²) in [4.78, 5) is 11.1. The summed E-state index contributed by atoms with van der Waals surface area (Å²) in [7, 11) is 0. The van der Waals surface area contributed by atoms with Crippen molar-refractivity contribution in [1.29, 1.82) is 0 Å². The van der Waals surface area contributed by atoms with Gasteiger partial charge in [0.2, 0.25) is 5.24 Å². The van der Waals surface area contributed by atoms with Crippen molar-refractivity contribution in [2.75, 3.05) is 6.54 Å². The Morgan fingerprint density at radius 1 is 1.22 bits per heavy atom. The lowest BCUT2D eigenvalue weighted by Gasteiger charge is -2.14. The van der Waals surface area contributed by atoms with E-state index in [1.165, 1.54) is 12.1 Å². The van der Waals surface area contributed by atoms with Crippen LogP contribution in [0, 0.1) is 5.41 Å². The minimum absolute atomic E-state index is 0.143. The lowest BCUT2D eigenvalue weighted by Crippen LogP contribution is -2.22. The third kappa shape index (κ3) is 4.09. The molecule has 0 aliphatic heterocycles. The van der Waals surface area contributed by atoms with Gasteiger partial charge in [0, 0.05) is 5.02 Å². The first-order chi connectivity index (χ1) is 8.24. The number of rotatable bonds is 4. The standard InChI is InChI=1S/C11H10Cl4N2O/c1-11(2,10(15)18)5-16-17-9-7(13)3-6(12)4-8(9)14/h3-4H,5H2,1-2H3. The van der Waals surface area contributed by atoms with Crippen molar-refractivity contribution in [3.05, 3.63) is 27.2 Å². The van der Waals surface area contributed by atoms with Crippen LogP contribution in [0.15, 0.2) is 22.4 Å². The van der Waals surface area contributed by atoms with Gasteiger partial charge in [0.25, 0.3) is 0 Å². The lowest BCUT2D eigenvalue weighted by molar-refractivity contribution is -0.118. The van der Waals surface area contributed by atoms with Crippen LogP contribution in [0.2, 0.25) is 15.1 Å². The molecule has 0 spiro atoms. The summed E-state index contributed by atoms with van der Waals surface area (Å²) in [6.07, 6.45) is 0. The molecule has 0 aliphatic carbocycles. The summed E-state index contributed by atoms with van der Waals surface area (Å²) in [6, 6.07) is 3.03. The second-order valence-electron chi connectivity index (χ2n) is 4.28. The fraction of sp³-hybridized carbons (Fsp3) is 0.364. The molecule has 0 bridgehead atoms. The fourth-order valence-corrected chi connectivity index (χ4v) is 1.93. The minimum atomic E-state index is -0.781.